The summed E-state index contributed by atoms with van der Waals surface area (Å²) in [5.41, 5.74) is 2.76. The molecule has 0 bridgehead atoms. The van der Waals surface area contributed by atoms with Crippen LogP contribution in [0.3, 0.4) is 0 Å². The van der Waals surface area contributed by atoms with Crippen molar-refractivity contribution in [1.29, 1.82) is 0 Å². The van der Waals surface area contributed by atoms with E-state index in [9.17, 15) is 5.11 Å². The number of ether oxygens (including phenoxy) is 2. The van der Waals surface area contributed by atoms with Gasteiger partial charge in [-0.15, -0.1) is 6.58 Å². The van der Waals surface area contributed by atoms with E-state index in [1.165, 1.54) is 0 Å². The van der Waals surface area contributed by atoms with Crippen molar-refractivity contribution in [2.24, 2.45) is 7.05 Å². The summed E-state index contributed by atoms with van der Waals surface area (Å²) in [6.45, 7) is 9.49. The minimum Gasteiger partial charge on any atom is -0.437 e. The molecule has 0 saturated carbocycles. The number of halogens is 1. The van der Waals surface area contributed by atoms with Gasteiger partial charge in [-0.3, -0.25) is 4.90 Å². The van der Waals surface area contributed by atoms with Crippen LogP contribution in [0.2, 0.25) is 5.02 Å². The minimum atomic E-state index is -0.628. The zero-order valence-corrected chi connectivity index (χ0v) is 20.2. The molecule has 0 saturated heterocycles. The molecule has 0 radical (unpaired) electrons. The topological polar surface area (TPSA) is 59.8 Å². The quantitative estimate of drug-likeness (QED) is 0.288. The van der Waals surface area contributed by atoms with Crippen molar-refractivity contribution in [3.8, 4) is 22.9 Å². The van der Waals surface area contributed by atoms with Crippen molar-refractivity contribution < 1.29 is 14.6 Å². The van der Waals surface area contributed by atoms with Gasteiger partial charge >= 0.3 is 0 Å². The van der Waals surface area contributed by atoms with Gasteiger partial charge in [-0.25, -0.2) is 4.68 Å². The first-order valence-corrected chi connectivity index (χ1v) is 11.4. The summed E-state index contributed by atoms with van der Waals surface area (Å²) >= 11 is 6.37. The third-order valence-corrected chi connectivity index (χ3v) is 5.57. The second-order valence-electron chi connectivity index (χ2n) is 8.16. The number of aliphatic hydroxyl groups is 1. The van der Waals surface area contributed by atoms with E-state index in [0.29, 0.717) is 36.3 Å². The number of hydrogen-bond donors (Lipinski definition) is 1. The van der Waals surface area contributed by atoms with Crippen molar-refractivity contribution in [1.82, 2.24) is 14.7 Å². The van der Waals surface area contributed by atoms with Crippen LogP contribution in [-0.4, -0.2) is 51.7 Å². The first-order chi connectivity index (χ1) is 15.9. The van der Waals surface area contributed by atoms with Gasteiger partial charge in [0.1, 0.15) is 11.4 Å². The molecule has 1 aromatic heterocycles. The lowest BCUT2D eigenvalue weighted by Crippen LogP contribution is -2.39. The zero-order chi connectivity index (χ0) is 23.8. The predicted molar refractivity (Wildman–Crippen MR) is 133 cm³/mol. The van der Waals surface area contributed by atoms with E-state index in [1.54, 1.807) is 16.8 Å². The second-order valence-corrected chi connectivity index (χ2v) is 8.56. The fourth-order valence-corrected chi connectivity index (χ4v) is 3.73. The largest absolute Gasteiger partial charge is 0.437 e. The number of rotatable bonds is 12. The van der Waals surface area contributed by atoms with Gasteiger partial charge in [0, 0.05) is 31.7 Å². The summed E-state index contributed by atoms with van der Waals surface area (Å²) in [5.74, 6) is 1.18. The van der Waals surface area contributed by atoms with Gasteiger partial charge < -0.3 is 14.6 Å². The molecular formula is C26H32ClN3O3. The first-order valence-electron chi connectivity index (χ1n) is 11.0. The maximum absolute atomic E-state index is 10.5. The van der Waals surface area contributed by atoms with Crippen LogP contribution in [0, 0.1) is 0 Å². The molecule has 1 heterocycles. The first kappa shape index (κ1) is 25.0. The van der Waals surface area contributed by atoms with E-state index in [0.717, 1.165) is 16.8 Å². The summed E-state index contributed by atoms with van der Waals surface area (Å²) < 4.78 is 13.5. The Morgan fingerprint density at radius 3 is 2.52 bits per heavy atom. The van der Waals surface area contributed by atoms with E-state index in [1.807, 2.05) is 55.6 Å². The van der Waals surface area contributed by atoms with Gasteiger partial charge in [-0.1, -0.05) is 60.1 Å². The maximum Gasteiger partial charge on any atom is 0.222 e. The predicted octanol–water partition coefficient (Wildman–Crippen LogP) is 5.31. The number of para-hydroxylation sites is 1. The Balaban J connectivity index is 1.96. The fourth-order valence-electron chi connectivity index (χ4n) is 3.55. The lowest BCUT2D eigenvalue weighted by Gasteiger charge is -2.29. The molecule has 7 heteroatoms. The van der Waals surface area contributed by atoms with Crippen molar-refractivity contribution in [3.05, 3.63) is 77.8 Å². The molecule has 1 atom stereocenters. The summed E-state index contributed by atoms with van der Waals surface area (Å²) in [5, 5.41) is 15.8. The van der Waals surface area contributed by atoms with Crippen molar-refractivity contribution in [2.45, 2.75) is 32.5 Å². The third-order valence-electron chi connectivity index (χ3n) is 5.26. The molecule has 0 amide bonds. The van der Waals surface area contributed by atoms with Crippen LogP contribution < -0.4 is 4.74 Å². The molecule has 0 aliphatic rings. The van der Waals surface area contributed by atoms with Crippen molar-refractivity contribution in [2.75, 3.05) is 19.8 Å². The average Bonchev–Trinajstić information content (AvgIpc) is 3.10. The van der Waals surface area contributed by atoms with Crippen LogP contribution in [0.25, 0.3) is 11.3 Å². The maximum atomic E-state index is 10.5. The Labute approximate surface area is 201 Å². The summed E-state index contributed by atoms with van der Waals surface area (Å²) in [6, 6.07) is 17.6. The van der Waals surface area contributed by atoms with E-state index < -0.39 is 6.10 Å². The summed E-state index contributed by atoms with van der Waals surface area (Å²) in [4.78, 5) is 2.19. The number of aromatic nitrogens is 2. The lowest BCUT2D eigenvalue weighted by molar-refractivity contribution is 0.0177. The zero-order valence-electron chi connectivity index (χ0n) is 19.4. The van der Waals surface area contributed by atoms with Gasteiger partial charge in [0.05, 0.1) is 29.9 Å². The summed E-state index contributed by atoms with van der Waals surface area (Å²) in [6.07, 6.45) is 1.05. The highest BCUT2D eigenvalue weighted by molar-refractivity contribution is 6.32. The monoisotopic (exact) mass is 469 g/mol. The molecule has 0 fully saturated rings. The van der Waals surface area contributed by atoms with Crippen molar-refractivity contribution in [3.63, 3.8) is 0 Å². The molecule has 3 rings (SSSR count). The Bertz CT molecular complexity index is 1040. The van der Waals surface area contributed by atoms with Gasteiger partial charge in [0.25, 0.3) is 0 Å². The van der Waals surface area contributed by atoms with Crippen LogP contribution in [0.5, 0.6) is 11.6 Å². The number of nitrogens with zero attached hydrogens (tertiary/aromatic N) is 3. The molecule has 0 aliphatic heterocycles. The lowest BCUT2D eigenvalue weighted by atomic mass is 10.1. The summed E-state index contributed by atoms with van der Waals surface area (Å²) in [7, 11) is 1.86. The van der Waals surface area contributed by atoms with E-state index in [-0.39, 0.29) is 12.6 Å². The van der Waals surface area contributed by atoms with Crippen LogP contribution in [0.4, 0.5) is 0 Å². The standard InChI is InChI=1S/C26H32ClN3O3/c1-5-15-32-18-21(31)16-30(19(2)3)17-22-25(20-11-7-6-8-12-20)28-29(4)26(22)33-24-14-10-9-13-23(24)27/h5-14,19,21,31H,1,15-18H2,2-4H3/t21-/m0/s1. The number of aryl methyl sites for hydroxylation is 1. The van der Waals surface area contributed by atoms with Crippen LogP contribution in [0.1, 0.15) is 19.4 Å². The molecule has 1 N–H and O–H groups in total. The number of hydrogen-bond acceptors (Lipinski definition) is 5. The van der Waals surface area contributed by atoms with E-state index in [4.69, 9.17) is 26.2 Å². The molecule has 33 heavy (non-hydrogen) atoms. The van der Waals surface area contributed by atoms with Crippen LogP contribution in [-0.2, 0) is 18.3 Å². The number of benzene rings is 2. The van der Waals surface area contributed by atoms with E-state index >= 15 is 0 Å². The fraction of sp³-hybridized carbons (Fsp3) is 0.346. The molecule has 6 nitrogen and oxygen atoms in total. The Kier molecular flexibility index (Phi) is 9.09. The second kappa shape index (κ2) is 12.0. The third kappa shape index (κ3) is 6.68. The molecule has 2 aromatic carbocycles. The highest BCUT2D eigenvalue weighted by Crippen LogP contribution is 2.36. The Morgan fingerprint density at radius 2 is 1.85 bits per heavy atom. The van der Waals surface area contributed by atoms with Crippen molar-refractivity contribution >= 4 is 11.6 Å². The van der Waals surface area contributed by atoms with Gasteiger partial charge in [-0.05, 0) is 26.0 Å². The van der Waals surface area contributed by atoms with E-state index in [2.05, 4.69) is 25.3 Å². The molecule has 0 spiro atoms. The minimum absolute atomic E-state index is 0.177. The molecule has 176 valence electrons. The normalized spacial score (nSPS) is 12.3. The van der Waals surface area contributed by atoms with Crippen LogP contribution in [0.15, 0.2) is 67.3 Å². The SMILES string of the molecule is C=CCOC[C@@H](O)CN(Cc1c(-c2ccccc2)nn(C)c1Oc1ccccc1Cl)C(C)C. The Hall–Kier alpha value is -2.64. The van der Waals surface area contributed by atoms with Gasteiger partial charge in [0.15, 0.2) is 0 Å². The Morgan fingerprint density at radius 1 is 1.15 bits per heavy atom. The molecule has 0 aliphatic carbocycles. The molecular weight excluding hydrogens is 438 g/mol. The van der Waals surface area contributed by atoms with Gasteiger partial charge in [0.2, 0.25) is 5.88 Å². The molecule has 0 unspecified atom stereocenters. The highest BCUT2D eigenvalue weighted by atomic mass is 35.5. The highest BCUT2D eigenvalue weighted by Gasteiger charge is 2.25. The average molecular weight is 470 g/mol. The van der Waals surface area contributed by atoms with Gasteiger partial charge in [-0.2, -0.15) is 5.10 Å². The molecule has 3 aromatic rings. The smallest absolute Gasteiger partial charge is 0.222 e. The number of aliphatic hydroxyl groups excluding tert-OH is 1. The van der Waals surface area contributed by atoms with Crippen LogP contribution >= 0.6 is 11.6 Å².